The van der Waals surface area contributed by atoms with E-state index in [0.29, 0.717) is 0 Å². The van der Waals surface area contributed by atoms with Crippen LogP contribution < -0.4 is 0 Å². The Balaban J connectivity index is 2.00. The number of nitrogens with one attached hydrogen (secondary N) is 2. The van der Waals surface area contributed by atoms with Gasteiger partial charge in [-0.1, -0.05) is 26.7 Å². The van der Waals surface area contributed by atoms with Gasteiger partial charge in [0.15, 0.2) is 0 Å². The molecule has 0 aromatic carbocycles. The minimum Gasteiger partial charge on any atom is -0.389 e. The largest absolute Gasteiger partial charge is 0.389 e. The van der Waals surface area contributed by atoms with Crippen LogP contribution >= 0.6 is 0 Å². The third-order valence-electron chi connectivity index (χ3n) is 8.47. The van der Waals surface area contributed by atoms with E-state index in [1.165, 1.54) is 22.3 Å². The fraction of sp³-hybridized carbons (Fsp3) is 0.412. The average molecular weight is 539 g/mol. The number of nitrogens with zero attached hydrogens (tertiary/aromatic N) is 2. The van der Waals surface area contributed by atoms with E-state index in [1.54, 1.807) is 13.8 Å². The number of aliphatic hydroxyl groups is 2. The summed E-state index contributed by atoms with van der Waals surface area (Å²) in [5.41, 5.74) is 15.9. The maximum Gasteiger partial charge on any atom is 0.0785 e. The van der Waals surface area contributed by atoms with E-state index < -0.39 is 12.2 Å². The molecule has 0 saturated carbocycles. The molecule has 5 rings (SSSR count). The summed E-state index contributed by atoms with van der Waals surface area (Å²) in [4.78, 5) is 17.4. The van der Waals surface area contributed by atoms with Crippen LogP contribution in [0.25, 0.3) is 44.4 Å². The van der Waals surface area contributed by atoms with Gasteiger partial charge in [-0.25, -0.2) is 9.97 Å². The van der Waals surface area contributed by atoms with Gasteiger partial charge in [0.05, 0.1) is 35.0 Å². The van der Waals surface area contributed by atoms with Crippen molar-refractivity contribution in [2.75, 3.05) is 0 Å². The number of allylic oxidation sites excluding steroid dienone is 4. The molecular weight excluding hydrogens is 496 g/mol. The van der Waals surface area contributed by atoms with Crippen molar-refractivity contribution in [2.45, 2.75) is 93.3 Å². The van der Waals surface area contributed by atoms with Crippen molar-refractivity contribution < 1.29 is 10.2 Å². The summed E-state index contributed by atoms with van der Waals surface area (Å²) in [5, 5.41) is 21.6. The molecule has 2 atom stereocenters. The number of H-pyrrole nitrogens is 2. The summed E-state index contributed by atoms with van der Waals surface area (Å²) in [7, 11) is 0. The molecule has 3 aromatic rings. The number of hydrogen-bond donors (Lipinski definition) is 4. The predicted molar refractivity (Wildman–Crippen MR) is 167 cm³/mol. The molecule has 210 valence electrons. The highest BCUT2D eigenvalue weighted by atomic mass is 16.3. The Kier molecular flexibility index (Phi) is 7.60. The topological polar surface area (TPSA) is 97.8 Å². The number of aromatic amines is 2. The van der Waals surface area contributed by atoms with Crippen LogP contribution in [0.15, 0.2) is 24.3 Å². The van der Waals surface area contributed by atoms with Crippen molar-refractivity contribution >= 4 is 44.4 Å². The van der Waals surface area contributed by atoms with E-state index in [-0.39, 0.29) is 0 Å². The predicted octanol–water partition coefficient (Wildman–Crippen LogP) is 8.50. The van der Waals surface area contributed by atoms with Gasteiger partial charge in [-0.05, 0) is 112 Å². The molecule has 0 spiro atoms. The van der Waals surface area contributed by atoms with Gasteiger partial charge in [0.1, 0.15) is 0 Å². The van der Waals surface area contributed by atoms with Gasteiger partial charge in [-0.2, -0.15) is 0 Å². The molecule has 6 nitrogen and oxygen atoms in total. The van der Waals surface area contributed by atoms with E-state index in [9.17, 15) is 10.2 Å². The molecule has 4 N–H and O–H groups in total. The van der Waals surface area contributed by atoms with Crippen molar-refractivity contribution in [3.63, 3.8) is 0 Å². The van der Waals surface area contributed by atoms with Crippen LogP contribution in [0, 0.1) is 13.8 Å². The molecule has 0 amide bonds. The lowest BCUT2D eigenvalue weighted by molar-refractivity contribution is 0.200. The lowest BCUT2D eigenvalue weighted by Crippen LogP contribution is -1.92. The zero-order valence-electron chi connectivity index (χ0n) is 25.1. The zero-order chi connectivity index (χ0) is 28.9. The SMILES string of the molecule is CCCC1=C(C)c2cc3[nH]c(cc4[nH]c(cc5nc(cc1n2)C(CCC)=C5C)c(C(C)O)c4C)c(C(C)O)c3C. The van der Waals surface area contributed by atoms with Crippen molar-refractivity contribution in [3.05, 3.63) is 69.3 Å². The van der Waals surface area contributed by atoms with Gasteiger partial charge in [-0.3, -0.25) is 0 Å². The van der Waals surface area contributed by atoms with Crippen molar-refractivity contribution in [1.29, 1.82) is 0 Å². The van der Waals surface area contributed by atoms with E-state index in [4.69, 9.17) is 9.97 Å². The number of aromatic nitrogens is 4. The summed E-state index contributed by atoms with van der Waals surface area (Å²) in [6.07, 6.45) is 2.65. The molecule has 40 heavy (non-hydrogen) atoms. The van der Waals surface area contributed by atoms with Gasteiger partial charge in [0.2, 0.25) is 0 Å². The van der Waals surface area contributed by atoms with E-state index in [2.05, 4.69) is 55.9 Å². The summed E-state index contributed by atoms with van der Waals surface area (Å²) in [6.45, 7) is 16.4. The Morgan fingerprint density at radius 1 is 0.600 bits per heavy atom. The van der Waals surface area contributed by atoms with Gasteiger partial charge in [-0.15, -0.1) is 0 Å². The molecule has 2 aliphatic rings. The Morgan fingerprint density at radius 2 is 1.00 bits per heavy atom. The Bertz CT molecular complexity index is 1710. The lowest BCUT2D eigenvalue weighted by Gasteiger charge is -2.05. The smallest absolute Gasteiger partial charge is 0.0785 e. The highest BCUT2D eigenvalue weighted by Crippen LogP contribution is 2.38. The van der Waals surface area contributed by atoms with E-state index in [1.807, 2.05) is 19.9 Å². The minimum atomic E-state index is -0.653. The Hall–Kier alpha value is -3.48. The lowest BCUT2D eigenvalue weighted by atomic mass is 9.98. The van der Waals surface area contributed by atoms with Crippen LogP contribution in [0.3, 0.4) is 0 Å². The number of aliphatic hydroxyl groups excluding tert-OH is 2. The maximum absolute atomic E-state index is 10.8. The highest BCUT2D eigenvalue weighted by molar-refractivity contribution is 5.95. The molecular formula is C34H42N4O2. The highest BCUT2D eigenvalue weighted by Gasteiger charge is 2.22. The van der Waals surface area contributed by atoms with Crippen LogP contribution in [0.2, 0.25) is 0 Å². The van der Waals surface area contributed by atoms with Gasteiger partial charge >= 0.3 is 0 Å². The van der Waals surface area contributed by atoms with Crippen molar-refractivity contribution in [2.24, 2.45) is 0 Å². The molecule has 5 heterocycles. The fourth-order valence-electron chi connectivity index (χ4n) is 6.35. The minimum absolute atomic E-state index is 0.649. The quantitative estimate of drug-likeness (QED) is 0.253. The molecule has 6 heteroatoms. The summed E-state index contributed by atoms with van der Waals surface area (Å²) >= 11 is 0. The third kappa shape index (κ3) is 4.73. The second kappa shape index (κ2) is 10.8. The monoisotopic (exact) mass is 538 g/mol. The second-order valence-electron chi connectivity index (χ2n) is 11.4. The zero-order valence-corrected chi connectivity index (χ0v) is 25.1. The van der Waals surface area contributed by atoms with Crippen molar-refractivity contribution in [3.8, 4) is 0 Å². The summed E-state index contributed by atoms with van der Waals surface area (Å²) in [6, 6.07) is 8.39. The van der Waals surface area contributed by atoms with E-state index >= 15 is 0 Å². The third-order valence-corrected chi connectivity index (χ3v) is 8.47. The number of rotatable bonds is 6. The van der Waals surface area contributed by atoms with Crippen LogP contribution in [-0.4, -0.2) is 30.1 Å². The summed E-state index contributed by atoms with van der Waals surface area (Å²) < 4.78 is 0. The van der Waals surface area contributed by atoms with Crippen LogP contribution in [-0.2, 0) is 0 Å². The second-order valence-corrected chi connectivity index (χ2v) is 11.4. The molecule has 2 unspecified atom stereocenters. The van der Waals surface area contributed by atoms with Gasteiger partial charge in [0, 0.05) is 33.2 Å². The molecule has 0 radical (unpaired) electrons. The van der Waals surface area contributed by atoms with Crippen LogP contribution in [0.4, 0.5) is 0 Å². The van der Waals surface area contributed by atoms with Gasteiger partial charge < -0.3 is 20.2 Å². The first-order valence-electron chi connectivity index (χ1n) is 14.6. The first kappa shape index (κ1) is 28.1. The maximum atomic E-state index is 10.8. The Labute approximate surface area is 237 Å². The number of aryl methyl sites for hydroxylation is 2. The average Bonchev–Trinajstić information content (AvgIpc) is 3.55. The molecule has 2 aliphatic heterocycles. The van der Waals surface area contributed by atoms with Gasteiger partial charge in [0.25, 0.3) is 0 Å². The standard InChI is InChI=1S/C34H42N4O2/c1-9-11-23-17(3)25-13-27-19(5)33(21(7)39)32(37-27)15-28-20(6)34(22(8)40)31(38-28)14-26-18(4)24(12-10-2)30(36-26)16-29(23)35-25/h13-16,21-22,37-40H,9-12H2,1-8H3. The molecule has 0 aliphatic carbocycles. The molecule has 0 saturated heterocycles. The fourth-order valence-corrected chi connectivity index (χ4v) is 6.35. The first-order valence-corrected chi connectivity index (χ1v) is 14.6. The van der Waals surface area contributed by atoms with Crippen LogP contribution in [0.5, 0.6) is 0 Å². The van der Waals surface area contributed by atoms with Crippen molar-refractivity contribution in [1.82, 2.24) is 19.9 Å². The first-order chi connectivity index (χ1) is 19.0. The molecule has 8 bridgehead atoms. The normalized spacial score (nSPS) is 15.2. The molecule has 3 aromatic heterocycles. The Morgan fingerprint density at radius 3 is 1.43 bits per heavy atom. The number of fused-ring (bicyclic) bond motifs is 8. The number of hydrogen-bond acceptors (Lipinski definition) is 4. The summed E-state index contributed by atoms with van der Waals surface area (Å²) in [5.74, 6) is 0. The molecule has 0 fully saturated rings. The van der Waals surface area contributed by atoms with E-state index in [0.717, 1.165) is 92.8 Å². The van der Waals surface area contributed by atoms with Crippen LogP contribution in [0.1, 0.15) is 124 Å².